The molecule has 0 spiro atoms. The van der Waals surface area contributed by atoms with E-state index in [9.17, 15) is 4.79 Å². The number of nitrogens with zero attached hydrogens (tertiary/aromatic N) is 2. The van der Waals surface area contributed by atoms with Gasteiger partial charge >= 0.3 is 0 Å². The van der Waals surface area contributed by atoms with Crippen LogP contribution in [0.5, 0.6) is 0 Å². The third kappa shape index (κ3) is 5.10. The molecule has 4 heteroatoms. The van der Waals surface area contributed by atoms with Crippen molar-refractivity contribution in [2.75, 3.05) is 31.1 Å². The van der Waals surface area contributed by atoms with Crippen molar-refractivity contribution in [2.45, 2.75) is 38.8 Å². The zero-order valence-electron chi connectivity index (χ0n) is 16.5. The Labute approximate surface area is 163 Å². The summed E-state index contributed by atoms with van der Waals surface area (Å²) in [4.78, 5) is 17.6. The Balaban J connectivity index is 1.55. The lowest BCUT2D eigenvalue weighted by molar-refractivity contribution is -0.126. The van der Waals surface area contributed by atoms with Crippen LogP contribution in [0.25, 0.3) is 0 Å². The lowest BCUT2D eigenvalue weighted by Gasteiger charge is -2.39. The number of hydrogen-bond acceptors (Lipinski definition) is 3. The number of benzene rings is 2. The normalized spacial score (nSPS) is 17.3. The van der Waals surface area contributed by atoms with Crippen molar-refractivity contribution in [3.8, 4) is 0 Å². The number of amides is 1. The molecule has 0 saturated carbocycles. The van der Waals surface area contributed by atoms with Crippen LogP contribution in [-0.2, 0) is 4.79 Å². The van der Waals surface area contributed by atoms with Crippen molar-refractivity contribution >= 4 is 11.6 Å². The van der Waals surface area contributed by atoms with Crippen LogP contribution < -0.4 is 10.2 Å². The van der Waals surface area contributed by atoms with Crippen molar-refractivity contribution in [2.24, 2.45) is 0 Å². The molecule has 27 heavy (non-hydrogen) atoms. The fourth-order valence-electron chi connectivity index (χ4n) is 3.76. The molecule has 0 aromatic heterocycles. The van der Waals surface area contributed by atoms with Crippen molar-refractivity contribution in [1.29, 1.82) is 0 Å². The monoisotopic (exact) mass is 365 g/mol. The summed E-state index contributed by atoms with van der Waals surface area (Å²) < 4.78 is 0. The highest BCUT2D eigenvalue weighted by Gasteiger charge is 2.27. The molecule has 2 atom stereocenters. The fourth-order valence-corrected chi connectivity index (χ4v) is 3.76. The van der Waals surface area contributed by atoms with E-state index < -0.39 is 0 Å². The summed E-state index contributed by atoms with van der Waals surface area (Å²) in [5.74, 6) is 0.130. The van der Waals surface area contributed by atoms with Crippen molar-refractivity contribution < 1.29 is 4.79 Å². The van der Waals surface area contributed by atoms with Gasteiger partial charge in [-0.25, -0.2) is 0 Å². The highest BCUT2D eigenvalue weighted by atomic mass is 16.2. The molecule has 1 aliphatic rings. The quantitative estimate of drug-likeness (QED) is 0.809. The third-order valence-electron chi connectivity index (χ3n) is 5.46. The summed E-state index contributed by atoms with van der Waals surface area (Å²) >= 11 is 0. The third-order valence-corrected chi connectivity index (χ3v) is 5.46. The molecule has 1 heterocycles. The second-order valence-electron chi connectivity index (χ2n) is 7.30. The number of hydrogen-bond donors (Lipinski definition) is 1. The summed E-state index contributed by atoms with van der Waals surface area (Å²) in [5, 5.41) is 3.28. The molecule has 3 rings (SSSR count). The topological polar surface area (TPSA) is 35.6 Å². The SMILES string of the molecule is CCC[C@@H](NC(=O)[C@H](C)N1CCN(c2ccccc2)CC1)c1ccccc1. The zero-order valence-corrected chi connectivity index (χ0v) is 16.5. The van der Waals surface area contributed by atoms with Crippen LogP contribution in [0.2, 0.25) is 0 Å². The molecule has 4 nitrogen and oxygen atoms in total. The first kappa shape index (κ1) is 19.4. The van der Waals surface area contributed by atoms with E-state index in [0.717, 1.165) is 39.0 Å². The number of rotatable bonds is 7. The molecule has 1 saturated heterocycles. The molecule has 2 aromatic rings. The van der Waals surface area contributed by atoms with Gasteiger partial charge in [-0.15, -0.1) is 0 Å². The van der Waals surface area contributed by atoms with Gasteiger partial charge < -0.3 is 10.2 Å². The van der Waals surface area contributed by atoms with Crippen LogP contribution in [0.1, 0.15) is 38.3 Å². The van der Waals surface area contributed by atoms with E-state index >= 15 is 0 Å². The van der Waals surface area contributed by atoms with Gasteiger partial charge in [-0.2, -0.15) is 0 Å². The van der Waals surface area contributed by atoms with E-state index in [-0.39, 0.29) is 18.0 Å². The number of piperazine rings is 1. The van der Waals surface area contributed by atoms with Crippen LogP contribution in [0.15, 0.2) is 60.7 Å². The molecule has 0 unspecified atom stereocenters. The Morgan fingerprint density at radius 3 is 2.15 bits per heavy atom. The molecule has 1 aliphatic heterocycles. The molecular formula is C23H31N3O. The van der Waals surface area contributed by atoms with Crippen LogP contribution in [0.4, 0.5) is 5.69 Å². The van der Waals surface area contributed by atoms with E-state index in [2.05, 4.69) is 58.4 Å². The largest absolute Gasteiger partial charge is 0.369 e. The lowest BCUT2D eigenvalue weighted by atomic mass is 10.0. The maximum atomic E-state index is 12.9. The highest BCUT2D eigenvalue weighted by molar-refractivity contribution is 5.81. The Morgan fingerprint density at radius 1 is 0.963 bits per heavy atom. The Morgan fingerprint density at radius 2 is 1.56 bits per heavy atom. The first-order valence-corrected chi connectivity index (χ1v) is 10.1. The summed E-state index contributed by atoms with van der Waals surface area (Å²) in [5.41, 5.74) is 2.45. The van der Waals surface area contributed by atoms with E-state index in [1.54, 1.807) is 0 Å². The molecular weight excluding hydrogens is 334 g/mol. The molecule has 0 bridgehead atoms. The van der Waals surface area contributed by atoms with Crippen LogP contribution in [0.3, 0.4) is 0 Å². The second kappa shape index (κ2) is 9.56. The van der Waals surface area contributed by atoms with Crippen LogP contribution >= 0.6 is 0 Å². The van der Waals surface area contributed by atoms with Gasteiger partial charge in [0.15, 0.2) is 0 Å². The average molecular weight is 366 g/mol. The maximum Gasteiger partial charge on any atom is 0.237 e. The minimum absolute atomic E-state index is 0.0942. The van der Waals surface area contributed by atoms with E-state index in [1.807, 2.05) is 31.2 Å². The Kier molecular flexibility index (Phi) is 6.88. The molecule has 1 fully saturated rings. The second-order valence-corrected chi connectivity index (χ2v) is 7.30. The van der Waals surface area contributed by atoms with Gasteiger partial charge in [0.1, 0.15) is 0 Å². The summed E-state index contributed by atoms with van der Waals surface area (Å²) in [6, 6.07) is 20.8. The van der Waals surface area contributed by atoms with E-state index in [1.165, 1.54) is 11.3 Å². The van der Waals surface area contributed by atoms with Crippen molar-refractivity contribution in [1.82, 2.24) is 10.2 Å². The minimum atomic E-state index is -0.106. The number of nitrogens with one attached hydrogen (secondary N) is 1. The number of anilines is 1. The number of carbonyl (C=O) groups excluding carboxylic acids is 1. The molecule has 1 amide bonds. The Hall–Kier alpha value is -2.33. The predicted molar refractivity (Wildman–Crippen MR) is 112 cm³/mol. The van der Waals surface area contributed by atoms with Crippen molar-refractivity contribution in [3.63, 3.8) is 0 Å². The highest BCUT2D eigenvalue weighted by Crippen LogP contribution is 2.20. The lowest BCUT2D eigenvalue weighted by Crippen LogP contribution is -2.54. The first-order chi connectivity index (χ1) is 13.2. The molecule has 144 valence electrons. The molecule has 0 radical (unpaired) electrons. The minimum Gasteiger partial charge on any atom is -0.369 e. The summed E-state index contributed by atoms with van der Waals surface area (Å²) in [6.07, 6.45) is 2.01. The van der Waals surface area contributed by atoms with Gasteiger partial charge in [0.05, 0.1) is 12.1 Å². The summed E-state index contributed by atoms with van der Waals surface area (Å²) in [7, 11) is 0. The van der Waals surface area contributed by atoms with Crippen LogP contribution in [-0.4, -0.2) is 43.0 Å². The van der Waals surface area contributed by atoms with Gasteiger partial charge in [0.25, 0.3) is 0 Å². The van der Waals surface area contributed by atoms with Gasteiger partial charge in [0.2, 0.25) is 5.91 Å². The van der Waals surface area contributed by atoms with E-state index in [0.29, 0.717) is 0 Å². The Bertz CT molecular complexity index is 696. The smallest absolute Gasteiger partial charge is 0.237 e. The van der Waals surface area contributed by atoms with Gasteiger partial charge in [-0.05, 0) is 31.0 Å². The number of carbonyl (C=O) groups is 1. The van der Waals surface area contributed by atoms with E-state index in [4.69, 9.17) is 0 Å². The average Bonchev–Trinajstić information content (AvgIpc) is 2.74. The predicted octanol–water partition coefficient (Wildman–Crippen LogP) is 3.85. The zero-order chi connectivity index (χ0) is 19.1. The fraction of sp³-hybridized carbons (Fsp3) is 0.435. The van der Waals surface area contributed by atoms with Gasteiger partial charge in [0, 0.05) is 31.9 Å². The molecule has 1 N–H and O–H groups in total. The first-order valence-electron chi connectivity index (χ1n) is 10.1. The van der Waals surface area contributed by atoms with Crippen molar-refractivity contribution in [3.05, 3.63) is 66.2 Å². The maximum absolute atomic E-state index is 12.9. The van der Waals surface area contributed by atoms with Crippen LogP contribution in [0, 0.1) is 0 Å². The van der Waals surface area contributed by atoms with Gasteiger partial charge in [-0.1, -0.05) is 61.9 Å². The summed E-state index contributed by atoms with van der Waals surface area (Å²) in [6.45, 7) is 7.92. The van der Waals surface area contributed by atoms with Gasteiger partial charge in [-0.3, -0.25) is 9.69 Å². The standard InChI is InChI=1S/C23H31N3O/c1-3-10-22(20-11-6-4-7-12-20)24-23(27)19(2)25-15-17-26(18-16-25)21-13-8-5-9-14-21/h4-9,11-14,19,22H,3,10,15-18H2,1-2H3,(H,24,27)/t19-,22+/m0/s1. The number of para-hydroxylation sites is 1. The molecule has 2 aromatic carbocycles. The molecule has 0 aliphatic carbocycles.